The second-order valence-electron chi connectivity index (χ2n) is 6.44. The zero-order valence-electron chi connectivity index (χ0n) is 16.5. The Morgan fingerprint density at radius 2 is 1.77 bits per heavy atom. The molecule has 0 unspecified atom stereocenters. The summed E-state index contributed by atoms with van der Waals surface area (Å²) < 4.78 is 0. The van der Waals surface area contributed by atoms with E-state index >= 15 is 0 Å². The SMILES string of the molecule is CC(=O)Nc1ccc(Nc2ncc([N+](=O)[O-])c(NCc3ccccc3C(N)=O)n2)cc1. The molecule has 0 spiro atoms. The quantitative estimate of drug-likeness (QED) is 0.318. The number of carbonyl (C=O) groups is 2. The van der Waals surface area contributed by atoms with E-state index in [0.717, 1.165) is 6.20 Å². The van der Waals surface area contributed by atoms with E-state index in [2.05, 4.69) is 25.9 Å². The zero-order valence-corrected chi connectivity index (χ0v) is 16.5. The number of primary amides is 1. The third kappa shape index (κ3) is 5.50. The molecule has 0 aliphatic heterocycles. The molecule has 11 heteroatoms. The minimum absolute atomic E-state index is 0.0170. The van der Waals surface area contributed by atoms with Gasteiger partial charge in [-0.1, -0.05) is 18.2 Å². The Labute approximate surface area is 176 Å². The predicted octanol–water partition coefficient (Wildman–Crippen LogP) is 2.80. The van der Waals surface area contributed by atoms with Crippen molar-refractivity contribution in [3.05, 3.63) is 76.0 Å². The summed E-state index contributed by atoms with van der Waals surface area (Å²) in [6, 6.07) is 13.5. The van der Waals surface area contributed by atoms with Crippen molar-refractivity contribution in [2.75, 3.05) is 16.0 Å². The summed E-state index contributed by atoms with van der Waals surface area (Å²) in [6.45, 7) is 1.51. The molecule has 1 heterocycles. The molecular formula is C20H19N7O4. The van der Waals surface area contributed by atoms with Crippen molar-refractivity contribution in [2.45, 2.75) is 13.5 Å². The number of carbonyl (C=O) groups excluding carboxylic acids is 2. The van der Waals surface area contributed by atoms with Gasteiger partial charge in [0.15, 0.2) is 0 Å². The van der Waals surface area contributed by atoms with E-state index in [4.69, 9.17) is 5.73 Å². The maximum atomic E-state index is 11.6. The Bertz CT molecular complexity index is 1130. The van der Waals surface area contributed by atoms with Gasteiger partial charge in [-0.3, -0.25) is 19.7 Å². The molecule has 0 saturated carbocycles. The molecule has 0 saturated heterocycles. The normalized spacial score (nSPS) is 10.2. The standard InChI is InChI=1S/C20H19N7O4/c1-12(28)24-14-6-8-15(9-7-14)25-20-23-11-17(27(30)31)19(26-20)22-10-13-4-2-3-5-16(13)18(21)29/h2-9,11H,10H2,1H3,(H2,21,29)(H,24,28)(H2,22,23,25,26). The fraction of sp³-hybridized carbons (Fsp3) is 0.100. The molecule has 3 rings (SSSR count). The summed E-state index contributed by atoms with van der Waals surface area (Å²) in [5.74, 6) is -0.673. The van der Waals surface area contributed by atoms with Crippen molar-refractivity contribution in [2.24, 2.45) is 5.73 Å². The molecular weight excluding hydrogens is 402 g/mol. The molecule has 1 aromatic heterocycles. The van der Waals surface area contributed by atoms with Crippen LogP contribution in [0.2, 0.25) is 0 Å². The predicted molar refractivity (Wildman–Crippen MR) is 115 cm³/mol. The van der Waals surface area contributed by atoms with Gasteiger partial charge in [-0.25, -0.2) is 4.98 Å². The molecule has 31 heavy (non-hydrogen) atoms. The first kappa shape index (κ1) is 21.2. The number of hydrogen-bond donors (Lipinski definition) is 4. The van der Waals surface area contributed by atoms with Gasteiger partial charge < -0.3 is 21.7 Å². The van der Waals surface area contributed by atoms with Crippen LogP contribution in [0.25, 0.3) is 0 Å². The van der Waals surface area contributed by atoms with E-state index in [9.17, 15) is 19.7 Å². The van der Waals surface area contributed by atoms with Gasteiger partial charge in [0.05, 0.1) is 4.92 Å². The number of nitrogens with zero attached hydrogens (tertiary/aromatic N) is 3. The number of benzene rings is 2. The van der Waals surface area contributed by atoms with Gasteiger partial charge in [-0.2, -0.15) is 4.98 Å². The topological polar surface area (TPSA) is 165 Å². The van der Waals surface area contributed by atoms with Crippen LogP contribution in [0, 0.1) is 10.1 Å². The zero-order chi connectivity index (χ0) is 22.4. The van der Waals surface area contributed by atoms with Crippen LogP contribution in [-0.2, 0) is 11.3 Å². The molecule has 0 bridgehead atoms. The number of hydrogen-bond acceptors (Lipinski definition) is 8. The third-order valence-corrected chi connectivity index (χ3v) is 4.16. The van der Waals surface area contributed by atoms with E-state index in [0.29, 0.717) is 22.5 Å². The summed E-state index contributed by atoms with van der Waals surface area (Å²) in [7, 11) is 0. The lowest BCUT2D eigenvalue weighted by atomic mass is 10.1. The summed E-state index contributed by atoms with van der Waals surface area (Å²) in [5.41, 5.74) is 7.18. The van der Waals surface area contributed by atoms with Crippen LogP contribution >= 0.6 is 0 Å². The van der Waals surface area contributed by atoms with E-state index < -0.39 is 10.8 Å². The lowest BCUT2D eigenvalue weighted by molar-refractivity contribution is -0.384. The fourth-order valence-corrected chi connectivity index (χ4v) is 2.76. The third-order valence-electron chi connectivity index (χ3n) is 4.16. The molecule has 0 radical (unpaired) electrons. The molecule has 2 amide bonds. The van der Waals surface area contributed by atoms with Crippen molar-refractivity contribution in [3.63, 3.8) is 0 Å². The second kappa shape index (κ2) is 9.31. The summed E-state index contributed by atoms with van der Waals surface area (Å²) in [6.07, 6.45) is 1.09. The fourth-order valence-electron chi connectivity index (χ4n) is 2.76. The largest absolute Gasteiger partial charge is 0.366 e. The first-order valence-electron chi connectivity index (χ1n) is 9.11. The van der Waals surface area contributed by atoms with Gasteiger partial charge in [0.1, 0.15) is 6.20 Å². The Kier molecular flexibility index (Phi) is 6.36. The van der Waals surface area contributed by atoms with Gasteiger partial charge >= 0.3 is 5.69 Å². The van der Waals surface area contributed by atoms with Crippen molar-refractivity contribution >= 4 is 40.6 Å². The average Bonchev–Trinajstić information content (AvgIpc) is 2.73. The highest BCUT2D eigenvalue weighted by Crippen LogP contribution is 2.25. The minimum atomic E-state index is -0.603. The molecule has 0 aliphatic rings. The summed E-state index contributed by atoms with van der Waals surface area (Å²) in [5, 5.41) is 19.8. The van der Waals surface area contributed by atoms with E-state index in [1.165, 1.54) is 6.92 Å². The second-order valence-corrected chi connectivity index (χ2v) is 6.44. The van der Waals surface area contributed by atoms with Crippen LogP contribution in [-0.4, -0.2) is 26.7 Å². The monoisotopic (exact) mass is 421 g/mol. The van der Waals surface area contributed by atoms with Crippen LogP contribution in [0.3, 0.4) is 0 Å². The Hall–Kier alpha value is -4.54. The van der Waals surface area contributed by atoms with Crippen molar-refractivity contribution in [1.82, 2.24) is 9.97 Å². The first-order valence-corrected chi connectivity index (χ1v) is 9.11. The van der Waals surface area contributed by atoms with Crippen LogP contribution in [0.1, 0.15) is 22.8 Å². The highest BCUT2D eigenvalue weighted by molar-refractivity contribution is 5.94. The first-order chi connectivity index (χ1) is 14.8. The number of nitro groups is 1. The Morgan fingerprint density at radius 1 is 1.10 bits per heavy atom. The van der Waals surface area contributed by atoms with Crippen molar-refractivity contribution in [1.29, 1.82) is 0 Å². The number of amides is 2. The smallest absolute Gasteiger partial charge is 0.329 e. The van der Waals surface area contributed by atoms with Crippen LogP contribution < -0.4 is 21.7 Å². The molecule has 2 aromatic carbocycles. The number of rotatable bonds is 8. The lowest BCUT2D eigenvalue weighted by Gasteiger charge is -2.11. The lowest BCUT2D eigenvalue weighted by Crippen LogP contribution is -2.16. The highest BCUT2D eigenvalue weighted by atomic mass is 16.6. The molecule has 0 aliphatic carbocycles. The van der Waals surface area contributed by atoms with Gasteiger partial charge in [0.2, 0.25) is 23.6 Å². The van der Waals surface area contributed by atoms with Crippen molar-refractivity contribution < 1.29 is 14.5 Å². The molecule has 11 nitrogen and oxygen atoms in total. The summed E-state index contributed by atoms with van der Waals surface area (Å²) >= 11 is 0. The van der Waals surface area contributed by atoms with Crippen molar-refractivity contribution in [3.8, 4) is 0 Å². The highest BCUT2D eigenvalue weighted by Gasteiger charge is 2.18. The molecule has 5 N–H and O–H groups in total. The van der Waals surface area contributed by atoms with Gasteiger partial charge in [0.25, 0.3) is 0 Å². The Balaban J connectivity index is 1.80. The summed E-state index contributed by atoms with van der Waals surface area (Å²) in [4.78, 5) is 41.6. The van der Waals surface area contributed by atoms with Crippen LogP contribution in [0.5, 0.6) is 0 Å². The van der Waals surface area contributed by atoms with Gasteiger partial charge in [0, 0.05) is 30.4 Å². The van der Waals surface area contributed by atoms with E-state index in [-0.39, 0.29) is 29.9 Å². The average molecular weight is 421 g/mol. The van der Waals surface area contributed by atoms with E-state index in [1.54, 1.807) is 48.5 Å². The maximum Gasteiger partial charge on any atom is 0.329 e. The number of aromatic nitrogens is 2. The maximum absolute atomic E-state index is 11.6. The molecule has 158 valence electrons. The number of nitrogens with two attached hydrogens (primary N) is 1. The minimum Gasteiger partial charge on any atom is -0.366 e. The van der Waals surface area contributed by atoms with Crippen LogP contribution in [0.15, 0.2) is 54.7 Å². The van der Waals surface area contributed by atoms with E-state index in [1.807, 2.05) is 0 Å². The molecule has 0 atom stereocenters. The Morgan fingerprint density at radius 3 is 2.42 bits per heavy atom. The number of nitrogens with one attached hydrogen (secondary N) is 3. The van der Waals surface area contributed by atoms with Gasteiger partial charge in [-0.15, -0.1) is 0 Å². The van der Waals surface area contributed by atoms with Crippen LogP contribution in [0.4, 0.5) is 28.8 Å². The number of anilines is 4. The molecule has 3 aromatic rings. The molecule has 0 fully saturated rings. The van der Waals surface area contributed by atoms with Gasteiger partial charge in [-0.05, 0) is 35.9 Å².